The third-order valence-corrected chi connectivity index (χ3v) is 4.19. The molecule has 0 unspecified atom stereocenters. The van der Waals surface area contributed by atoms with Crippen molar-refractivity contribution in [3.8, 4) is 5.75 Å². The summed E-state index contributed by atoms with van der Waals surface area (Å²) in [6.45, 7) is 0. The first-order valence-electron chi connectivity index (χ1n) is 5.47. The molecule has 3 nitrogen and oxygen atoms in total. The molecule has 98 valence electrons. The monoisotopic (exact) mass is 383 g/mol. The number of hydrogen-bond donors (Lipinski definition) is 1. The minimum atomic E-state index is -0.0949. The lowest BCUT2D eigenvalue weighted by atomic mass is 10.0. The van der Waals surface area contributed by atoms with Crippen LogP contribution < -0.4 is 10.5 Å². The second-order valence-corrected chi connectivity index (χ2v) is 5.53. The summed E-state index contributed by atoms with van der Waals surface area (Å²) in [5, 5.41) is 0. The van der Waals surface area contributed by atoms with Crippen LogP contribution >= 0.6 is 31.9 Å². The summed E-state index contributed by atoms with van der Waals surface area (Å²) in [7, 11) is 1.58. The standard InChI is InChI=1S/C14H11Br2NO2/c1-19-12-6-5-8(7-10(12)15)14(18)9-3-2-4-11(17)13(9)16/h2-7H,17H2,1H3. The van der Waals surface area contributed by atoms with Crippen molar-refractivity contribution in [3.05, 3.63) is 56.5 Å². The highest BCUT2D eigenvalue weighted by atomic mass is 79.9. The highest BCUT2D eigenvalue weighted by molar-refractivity contribution is 9.11. The van der Waals surface area contributed by atoms with Gasteiger partial charge >= 0.3 is 0 Å². The van der Waals surface area contributed by atoms with Gasteiger partial charge in [0.1, 0.15) is 5.75 Å². The Morgan fingerprint density at radius 2 is 1.95 bits per heavy atom. The Labute approximate surface area is 128 Å². The zero-order chi connectivity index (χ0) is 14.0. The number of hydrogen-bond acceptors (Lipinski definition) is 3. The SMILES string of the molecule is COc1ccc(C(=O)c2cccc(N)c2Br)cc1Br. The first-order valence-corrected chi connectivity index (χ1v) is 7.05. The molecule has 0 atom stereocenters. The van der Waals surface area contributed by atoms with Crippen molar-refractivity contribution in [2.24, 2.45) is 0 Å². The maximum absolute atomic E-state index is 12.4. The first kappa shape index (κ1) is 14.1. The molecular weight excluding hydrogens is 374 g/mol. The molecule has 2 N–H and O–H groups in total. The van der Waals surface area contributed by atoms with Gasteiger partial charge in [0.2, 0.25) is 0 Å². The fourth-order valence-electron chi connectivity index (χ4n) is 1.69. The summed E-state index contributed by atoms with van der Waals surface area (Å²) >= 11 is 6.71. The molecule has 0 amide bonds. The molecule has 2 aromatic rings. The van der Waals surface area contributed by atoms with Crippen molar-refractivity contribution < 1.29 is 9.53 Å². The summed E-state index contributed by atoms with van der Waals surface area (Å²) in [5.74, 6) is 0.589. The predicted molar refractivity (Wildman–Crippen MR) is 82.7 cm³/mol. The van der Waals surface area contributed by atoms with Crippen LogP contribution in [0.4, 0.5) is 5.69 Å². The number of nitrogen functional groups attached to an aromatic ring is 1. The van der Waals surface area contributed by atoms with Crippen molar-refractivity contribution in [2.75, 3.05) is 12.8 Å². The van der Waals surface area contributed by atoms with E-state index in [0.29, 0.717) is 27.0 Å². The Hall–Kier alpha value is -1.33. The predicted octanol–water partition coefficient (Wildman–Crippen LogP) is 4.03. The van der Waals surface area contributed by atoms with Crippen LogP contribution in [-0.4, -0.2) is 12.9 Å². The summed E-state index contributed by atoms with van der Waals surface area (Å²) in [6.07, 6.45) is 0. The summed E-state index contributed by atoms with van der Waals surface area (Å²) in [5.41, 5.74) is 7.43. The molecule has 0 fully saturated rings. The highest BCUT2D eigenvalue weighted by Crippen LogP contribution is 2.29. The fourth-order valence-corrected chi connectivity index (χ4v) is 2.67. The zero-order valence-electron chi connectivity index (χ0n) is 10.1. The smallest absolute Gasteiger partial charge is 0.194 e. The molecule has 0 aromatic heterocycles. The number of halogens is 2. The molecule has 5 heteroatoms. The normalized spacial score (nSPS) is 10.3. The number of carbonyl (C=O) groups excluding carboxylic acids is 1. The highest BCUT2D eigenvalue weighted by Gasteiger charge is 2.15. The Morgan fingerprint density at radius 1 is 1.21 bits per heavy atom. The van der Waals surface area contributed by atoms with E-state index in [-0.39, 0.29) is 5.78 Å². The molecule has 0 aliphatic heterocycles. The second-order valence-electron chi connectivity index (χ2n) is 3.89. The summed E-state index contributed by atoms with van der Waals surface area (Å²) < 4.78 is 6.50. The number of benzene rings is 2. The molecule has 0 aliphatic carbocycles. The van der Waals surface area contributed by atoms with E-state index in [4.69, 9.17) is 10.5 Å². The average molecular weight is 385 g/mol. The Kier molecular flexibility index (Phi) is 4.27. The topological polar surface area (TPSA) is 52.3 Å². The minimum Gasteiger partial charge on any atom is -0.496 e. The Morgan fingerprint density at radius 3 is 2.58 bits per heavy atom. The lowest BCUT2D eigenvalue weighted by molar-refractivity contribution is 0.103. The van der Waals surface area contributed by atoms with Gasteiger partial charge in [-0.2, -0.15) is 0 Å². The zero-order valence-corrected chi connectivity index (χ0v) is 13.3. The maximum atomic E-state index is 12.4. The molecule has 0 heterocycles. The van der Waals surface area contributed by atoms with Gasteiger partial charge < -0.3 is 10.5 Å². The van der Waals surface area contributed by atoms with Crippen LogP contribution in [0.25, 0.3) is 0 Å². The molecule has 0 saturated heterocycles. The minimum absolute atomic E-state index is 0.0949. The third kappa shape index (κ3) is 2.82. The maximum Gasteiger partial charge on any atom is 0.194 e. The van der Waals surface area contributed by atoms with Gasteiger partial charge in [-0.1, -0.05) is 6.07 Å². The van der Waals surface area contributed by atoms with E-state index >= 15 is 0 Å². The molecule has 0 bridgehead atoms. The molecule has 19 heavy (non-hydrogen) atoms. The van der Waals surface area contributed by atoms with Gasteiger partial charge in [-0.25, -0.2) is 0 Å². The van der Waals surface area contributed by atoms with E-state index in [1.54, 1.807) is 43.5 Å². The lowest BCUT2D eigenvalue weighted by Crippen LogP contribution is -2.04. The number of anilines is 1. The van der Waals surface area contributed by atoms with Crippen LogP contribution in [0.2, 0.25) is 0 Å². The van der Waals surface area contributed by atoms with Crippen LogP contribution in [0.3, 0.4) is 0 Å². The van der Waals surface area contributed by atoms with Gasteiger partial charge in [0.15, 0.2) is 5.78 Å². The fraction of sp³-hybridized carbons (Fsp3) is 0.0714. The van der Waals surface area contributed by atoms with E-state index < -0.39 is 0 Å². The summed E-state index contributed by atoms with van der Waals surface area (Å²) in [6, 6.07) is 10.4. The van der Waals surface area contributed by atoms with E-state index in [1.165, 1.54) is 0 Å². The van der Waals surface area contributed by atoms with Crippen molar-refractivity contribution >= 4 is 43.3 Å². The van der Waals surface area contributed by atoms with Crippen LogP contribution in [0.15, 0.2) is 45.3 Å². The van der Waals surface area contributed by atoms with Crippen LogP contribution in [0.5, 0.6) is 5.75 Å². The molecule has 0 spiro atoms. The van der Waals surface area contributed by atoms with Crippen molar-refractivity contribution in [1.29, 1.82) is 0 Å². The van der Waals surface area contributed by atoms with Crippen LogP contribution in [-0.2, 0) is 0 Å². The van der Waals surface area contributed by atoms with Crippen LogP contribution in [0.1, 0.15) is 15.9 Å². The molecule has 0 radical (unpaired) electrons. The van der Waals surface area contributed by atoms with Gasteiger partial charge in [0.25, 0.3) is 0 Å². The van der Waals surface area contributed by atoms with Gasteiger partial charge in [0, 0.05) is 16.8 Å². The van der Waals surface area contributed by atoms with Gasteiger partial charge in [-0.15, -0.1) is 0 Å². The van der Waals surface area contributed by atoms with Gasteiger partial charge in [-0.05, 0) is 62.2 Å². The third-order valence-electron chi connectivity index (χ3n) is 2.69. The van der Waals surface area contributed by atoms with Gasteiger partial charge in [0.05, 0.1) is 16.1 Å². The van der Waals surface area contributed by atoms with E-state index in [9.17, 15) is 4.79 Å². The number of rotatable bonds is 3. The van der Waals surface area contributed by atoms with Gasteiger partial charge in [-0.3, -0.25) is 4.79 Å². The quantitative estimate of drug-likeness (QED) is 0.641. The number of ether oxygens (including phenoxy) is 1. The molecule has 2 rings (SSSR count). The molecule has 0 aliphatic rings. The van der Waals surface area contributed by atoms with Crippen molar-refractivity contribution in [1.82, 2.24) is 0 Å². The largest absolute Gasteiger partial charge is 0.496 e. The molecule has 2 aromatic carbocycles. The number of nitrogens with two attached hydrogens (primary N) is 1. The van der Waals surface area contributed by atoms with Crippen LogP contribution in [0, 0.1) is 0 Å². The molecule has 0 saturated carbocycles. The second kappa shape index (κ2) is 5.75. The van der Waals surface area contributed by atoms with Crippen molar-refractivity contribution in [2.45, 2.75) is 0 Å². The Bertz CT molecular complexity index is 641. The number of methoxy groups -OCH3 is 1. The van der Waals surface area contributed by atoms with Crippen molar-refractivity contribution in [3.63, 3.8) is 0 Å². The van der Waals surface area contributed by atoms with E-state index in [1.807, 2.05) is 0 Å². The Balaban J connectivity index is 2.44. The first-order chi connectivity index (χ1) is 9.04. The number of carbonyl (C=O) groups is 1. The van der Waals surface area contributed by atoms with E-state index in [2.05, 4.69) is 31.9 Å². The molecular formula is C14H11Br2NO2. The lowest BCUT2D eigenvalue weighted by Gasteiger charge is -2.08. The summed E-state index contributed by atoms with van der Waals surface area (Å²) in [4.78, 5) is 12.4. The average Bonchev–Trinajstić information content (AvgIpc) is 2.41. The van der Waals surface area contributed by atoms with E-state index in [0.717, 1.165) is 4.47 Å². The number of ketones is 1.